The van der Waals surface area contributed by atoms with Crippen molar-refractivity contribution in [3.05, 3.63) is 4.91 Å². The van der Waals surface area contributed by atoms with Crippen LogP contribution in [0.25, 0.3) is 0 Å². The van der Waals surface area contributed by atoms with Crippen molar-refractivity contribution in [2.24, 2.45) is 5.18 Å². The van der Waals surface area contributed by atoms with E-state index >= 15 is 0 Å². The van der Waals surface area contributed by atoms with Gasteiger partial charge in [-0.05, 0) is 5.18 Å². The van der Waals surface area contributed by atoms with Crippen molar-refractivity contribution in [3.63, 3.8) is 0 Å². The number of rotatable bonds is 2. The molecule has 1 saturated heterocycles. The van der Waals surface area contributed by atoms with E-state index in [1.165, 1.54) is 6.92 Å². The SMILES string of the molecule is CC(=O)N1CCN(c2nc(N)nc(N)c2N=O)CC1. The number of carbonyl (C=O) groups excluding carboxylic acids is 1. The summed E-state index contributed by atoms with van der Waals surface area (Å²) in [6, 6.07) is 0. The molecule has 0 saturated carbocycles. The summed E-state index contributed by atoms with van der Waals surface area (Å²) in [5.41, 5.74) is 11.1. The van der Waals surface area contributed by atoms with Crippen LogP contribution in [0.2, 0.25) is 0 Å². The van der Waals surface area contributed by atoms with Crippen molar-refractivity contribution in [1.29, 1.82) is 0 Å². The molecule has 9 heteroatoms. The normalized spacial score (nSPS) is 15.4. The fraction of sp³-hybridized carbons (Fsp3) is 0.500. The van der Waals surface area contributed by atoms with Crippen LogP contribution in [0, 0.1) is 4.91 Å². The number of hydrogen-bond donors (Lipinski definition) is 2. The summed E-state index contributed by atoms with van der Waals surface area (Å²) in [5.74, 6) is 0.304. The van der Waals surface area contributed by atoms with Gasteiger partial charge in [-0.3, -0.25) is 4.79 Å². The van der Waals surface area contributed by atoms with Crippen LogP contribution in [0.3, 0.4) is 0 Å². The highest BCUT2D eigenvalue weighted by molar-refractivity contribution is 5.76. The number of hydrogen-bond acceptors (Lipinski definition) is 8. The van der Waals surface area contributed by atoms with E-state index in [0.29, 0.717) is 32.0 Å². The van der Waals surface area contributed by atoms with Crippen LogP contribution in [0.4, 0.5) is 23.3 Å². The molecule has 2 heterocycles. The number of amides is 1. The van der Waals surface area contributed by atoms with E-state index in [4.69, 9.17) is 11.5 Å². The molecule has 4 N–H and O–H groups in total. The summed E-state index contributed by atoms with van der Waals surface area (Å²) in [7, 11) is 0. The van der Waals surface area contributed by atoms with Gasteiger partial charge in [-0.2, -0.15) is 9.97 Å². The molecular formula is C10H15N7O2. The van der Waals surface area contributed by atoms with Crippen LogP contribution < -0.4 is 16.4 Å². The predicted molar refractivity (Wildman–Crippen MR) is 70.8 cm³/mol. The predicted octanol–water partition coefficient (Wildman–Crippen LogP) is -0.293. The highest BCUT2D eigenvalue weighted by atomic mass is 16.3. The topological polar surface area (TPSA) is 131 Å². The molecule has 0 bridgehead atoms. The minimum Gasteiger partial charge on any atom is -0.382 e. The number of aromatic nitrogens is 2. The Morgan fingerprint density at radius 3 is 2.37 bits per heavy atom. The van der Waals surface area contributed by atoms with Gasteiger partial charge in [0, 0.05) is 33.1 Å². The summed E-state index contributed by atoms with van der Waals surface area (Å²) in [4.78, 5) is 33.3. The van der Waals surface area contributed by atoms with Gasteiger partial charge in [0.25, 0.3) is 0 Å². The summed E-state index contributed by atoms with van der Waals surface area (Å²) in [6.07, 6.45) is 0. The van der Waals surface area contributed by atoms with Gasteiger partial charge in [-0.25, -0.2) is 0 Å². The van der Waals surface area contributed by atoms with Crippen molar-refractivity contribution in [2.45, 2.75) is 6.92 Å². The highest BCUT2D eigenvalue weighted by Crippen LogP contribution is 2.32. The Labute approximate surface area is 109 Å². The van der Waals surface area contributed by atoms with Crippen LogP contribution in [-0.2, 0) is 4.79 Å². The lowest BCUT2D eigenvalue weighted by molar-refractivity contribution is -0.129. The van der Waals surface area contributed by atoms with Crippen molar-refractivity contribution < 1.29 is 4.79 Å². The third-order valence-electron chi connectivity index (χ3n) is 3.03. The van der Waals surface area contributed by atoms with Gasteiger partial charge in [0.15, 0.2) is 17.3 Å². The first-order chi connectivity index (χ1) is 9.02. The van der Waals surface area contributed by atoms with E-state index in [1.54, 1.807) is 4.90 Å². The molecule has 0 aliphatic carbocycles. The van der Waals surface area contributed by atoms with E-state index in [2.05, 4.69) is 15.1 Å². The van der Waals surface area contributed by atoms with E-state index in [0.717, 1.165) is 0 Å². The van der Waals surface area contributed by atoms with E-state index in [9.17, 15) is 9.70 Å². The van der Waals surface area contributed by atoms with Gasteiger partial charge in [0.1, 0.15) is 0 Å². The van der Waals surface area contributed by atoms with Gasteiger partial charge in [0.05, 0.1) is 0 Å². The molecule has 0 unspecified atom stereocenters. The zero-order valence-corrected chi connectivity index (χ0v) is 10.5. The Balaban J connectivity index is 2.24. The molecule has 1 aromatic rings. The number of carbonyl (C=O) groups is 1. The van der Waals surface area contributed by atoms with Crippen molar-refractivity contribution in [3.8, 4) is 0 Å². The van der Waals surface area contributed by atoms with Gasteiger partial charge < -0.3 is 21.3 Å². The van der Waals surface area contributed by atoms with Gasteiger partial charge in [0.2, 0.25) is 11.9 Å². The summed E-state index contributed by atoms with van der Waals surface area (Å²) in [6.45, 7) is 3.71. The zero-order valence-electron chi connectivity index (χ0n) is 10.5. The number of piperazine rings is 1. The third-order valence-corrected chi connectivity index (χ3v) is 3.03. The molecule has 0 spiro atoms. The van der Waals surface area contributed by atoms with Gasteiger partial charge in [-0.15, -0.1) is 4.91 Å². The average molecular weight is 265 g/mol. The maximum atomic E-state index is 11.2. The van der Waals surface area contributed by atoms with Crippen LogP contribution in [0.1, 0.15) is 6.92 Å². The van der Waals surface area contributed by atoms with E-state index < -0.39 is 0 Å². The van der Waals surface area contributed by atoms with Gasteiger partial charge in [-0.1, -0.05) is 0 Å². The molecule has 1 fully saturated rings. The lowest BCUT2D eigenvalue weighted by Gasteiger charge is -2.35. The smallest absolute Gasteiger partial charge is 0.224 e. The average Bonchev–Trinajstić information content (AvgIpc) is 2.38. The Kier molecular flexibility index (Phi) is 3.45. The first-order valence-electron chi connectivity index (χ1n) is 5.79. The molecule has 19 heavy (non-hydrogen) atoms. The largest absolute Gasteiger partial charge is 0.382 e. The van der Waals surface area contributed by atoms with Crippen molar-refractivity contribution >= 4 is 29.2 Å². The number of anilines is 3. The standard InChI is InChI=1S/C10H15N7O2/c1-6(18)16-2-4-17(5-3-16)9-7(15-19)8(11)13-10(12)14-9/h2-5H2,1H3,(H4,11,12,13,14). The Bertz CT molecular complexity index is 511. The Hall–Kier alpha value is -2.45. The molecule has 0 aromatic carbocycles. The second kappa shape index (κ2) is 5.04. The lowest BCUT2D eigenvalue weighted by atomic mass is 10.3. The first-order valence-corrected chi connectivity index (χ1v) is 5.79. The minimum absolute atomic E-state index is 0.00565. The van der Waals surface area contributed by atoms with E-state index in [1.807, 2.05) is 4.90 Å². The molecule has 102 valence electrons. The van der Waals surface area contributed by atoms with E-state index in [-0.39, 0.29) is 23.4 Å². The quantitative estimate of drug-likeness (QED) is 0.702. The molecule has 1 aliphatic rings. The molecular weight excluding hydrogens is 250 g/mol. The molecule has 1 amide bonds. The molecule has 9 nitrogen and oxygen atoms in total. The van der Waals surface area contributed by atoms with Crippen LogP contribution >= 0.6 is 0 Å². The fourth-order valence-electron chi connectivity index (χ4n) is 2.02. The monoisotopic (exact) mass is 265 g/mol. The summed E-state index contributed by atoms with van der Waals surface area (Å²) < 4.78 is 0. The number of nitrogens with two attached hydrogens (primary N) is 2. The maximum Gasteiger partial charge on any atom is 0.224 e. The molecule has 0 radical (unpaired) electrons. The molecule has 1 aromatic heterocycles. The lowest BCUT2D eigenvalue weighted by Crippen LogP contribution is -2.48. The maximum absolute atomic E-state index is 11.2. The second-order valence-electron chi connectivity index (χ2n) is 4.22. The minimum atomic E-state index is -0.0357. The van der Waals surface area contributed by atoms with Crippen LogP contribution in [-0.4, -0.2) is 47.0 Å². The Morgan fingerprint density at radius 1 is 1.21 bits per heavy atom. The highest BCUT2D eigenvalue weighted by Gasteiger charge is 2.24. The van der Waals surface area contributed by atoms with Crippen LogP contribution in [0.5, 0.6) is 0 Å². The summed E-state index contributed by atoms with van der Waals surface area (Å²) in [5, 5.41) is 2.86. The number of nitrogen functional groups attached to an aromatic ring is 2. The third kappa shape index (κ3) is 2.54. The molecule has 2 rings (SSSR count). The zero-order chi connectivity index (χ0) is 14.0. The Morgan fingerprint density at radius 2 is 1.84 bits per heavy atom. The van der Waals surface area contributed by atoms with Gasteiger partial charge >= 0.3 is 0 Å². The first kappa shape index (κ1) is 13.0. The summed E-state index contributed by atoms with van der Waals surface area (Å²) >= 11 is 0. The molecule has 0 atom stereocenters. The fourth-order valence-corrected chi connectivity index (χ4v) is 2.02. The van der Waals surface area contributed by atoms with Crippen molar-refractivity contribution in [1.82, 2.24) is 14.9 Å². The number of nitroso groups, excluding NO2 is 1. The van der Waals surface area contributed by atoms with Crippen LogP contribution in [0.15, 0.2) is 5.18 Å². The second-order valence-corrected chi connectivity index (χ2v) is 4.22. The van der Waals surface area contributed by atoms with Crippen molar-refractivity contribution in [2.75, 3.05) is 42.5 Å². The number of nitrogens with zero attached hydrogens (tertiary/aromatic N) is 5. The molecule has 1 aliphatic heterocycles.